The second kappa shape index (κ2) is 6.37. The summed E-state index contributed by atoms with van der Waals surface area (Å²) >= 11 is 0.733. The van der Waals surface area contributed by atoms with Gasteiger partial charge in [0.15, 0.2) is 0 Å². The average molecular weight is 273 g/mol. The molecule has 0 unspecified atom stereocenters. The van der Waals surface area contributed by atoms with E-state index in [1.807, 2.05) is 0 Å². The van der Waals surface area contributed by atoms with Crippen LogP contribution in [-0.2, 0) is 4.74 Å². The van der Waals surface area contributed by atoms with Crippen LogP contribution in [0.15, 0.2) is 0 Å². The Morgan fingerprint density at radius 2 is 1.88 bits per heavy atom. The van der Waals surface area contributed by atoms with Crippen molar-refractivity contribution in [3.8, 4) is 0 Å². The number of ether oxygens (including phenoxy) is 1. The van der Waals surface area contributed by atoms with Gasteiger partial charge in [0.25, 0.3) is 0 Å². The third-order valence-corrected chi connectivity index (χ3v) is 2.66. The molecular formula is C10H18F3NO2S. The Labute approximate surface area is 103 Å². The molecule has 1 atom stereocenters. The molecule has 1 amide bonds. The molecule has 0 saturated carbocycles. The first kappa shape index (κ1) is 16.4. The zero-order valence-electron chi connectivity index (χ0n) is 10.4. The third kappa shape index (κ3) is 11.7. The molecule has 0 aliphatic carbocycles. The highest BCUT2D eigenvalue weighted by atomic mass is 32.2. The molecule has 0 bridgehead atoms. The van der Waals surface area contributed by atoms with Crippen LogP contribution in [-0.4, -0.2) is 35.4 Å². The van der Waals surface area contributed by atoms with E-state index >= 15 is 0 Å². The fourth-order valence-electron chi connectivity index (χ4n) is 0.902. The van der Waals surface area contributed by atoms with Gasteiger partial charge in [0.2, 0.25) is 0 Å². The standard InChI is InChI=1S/C10H18F3NO2S/c1-7(5-17-6-10(11,12)13)14-8(15)16-9(2,3)4/h7H,5-6H2,1-4H3,(H,14,15)/t7-/m1/s1. The summed E-state index contributed by atoms with van der Waals surface area (Å²) in [6.45, 7) is 6.79. The van der Waals surface area contributed by atoms with Gasteiger partial charge in [-0.15, -0.1) is 0 Å². The van der Waals surface area contributed by atoms with E-state index in [-0.39, 0.29) is 11.8 Å². The van der Waals surface area contributed by atoms with Crippen molar-refractivity contribution >= 4 is 17.9 Å². The zero-order valence-corrected chi connectivity index (χ0v) is 11.2. The molecule has 0 saturated heterocycles. The lowest BCUT2D eigenvalue weighted by Gasteiger charge is -2.21. The van der Waals surface area contributed by atoms with E-state index in [9.17, 15) is 18.0 Å². The van der Waals surface area contributed by atoms with E-state index in [0.717, 1.165) is 11.8 Å². The molecule has 102 valence electrons. The molecule has 0 aliphatic heterocycles. The van der Waals surface area contributed by atoms with Crippen LogP contribution in [0.2, 0.25) is 0 Å². The minimum atomic E-state index is -4.17. The van der Waals surface area contributed by atoms with E-state index in [4.69, 9.17) is 4.74 Å². The lowest BCUT2D eigenvalue weighted by Crippen LogP contribution is -2.39. The highest BCUT2D eigenvalue weighted by Gasteiger charge is 2.27. The number of amides is 1. The van der Waals surface area contributed by atoms with Crippen LogP contribution in [0.5, 0.6) is 0 Å². The van der Waals surface area contributed by atoms with Crippen molar-refractivity contribution in [1.82, 2.24) is 5.32 Å². The van der Waals surface area contributed by atoms with Gasteiger partial charge in [-0.25, -0.2) is 4.79 Å². The molecule has 0 aromatic carbocycles. The molecule has 0 aliphatic rings. The lowest BCUT2D eigenvalue weighted by molar-refractivity contribution is -0.105. The number of nitrogens with one attached hydrogen (secondary N) is 1. The van der Waals surface area contributed by atoms with E-state index < -0.39 is 23.6 Å². The van der Waals surface area contributed by atoms with Crippen molar-refractivity contribution in [2.24, 2.45) is 0 Å². The molecular weight excluding hydrogens is 255 g/mol. The molecule has 3 nitrogen and oxygen atoms in total. The number of hydrogen-bond donors (Lipinski definition) is 1. The maximum atomic E-state index is 11.9. The summed E-state index contributed by atoms with van der Waals surface area (Å²) in [6, 6.07) is -0.364. The van der Waals surface area contributed by atoms with E-state index in [1.165, 1.54) is 0 Å². The summed E-state index contributed by atoms with van der Waals surface area (Å²) in [5.41, 5.74) is -0.608. The van der Waals surface area contributed by atoms with Crippen LogP contribution in [0.1, 0.15) is 27.7 Å². The molecule has 0 radical (unpaired) electrons. The van der Waals surface area contributed by atoms with Gasteiger partial charge in [-0.1, -0.05) is 0 Å². The highest BCUT2D eigenvalue weighted by Crippen LogP contribution is 2.21. The minimum absolute atomic E-state index is 0.193. The summed E-state index contributed by atoms with van der Waals surface area (Å²) in [5.74, 6) is -0.716. The molecule has 0 aromatic rings. The first-order valence-electron chi connectivity index (χ1n) is 5.13. The Morgan fingerprint density at radius 1 is 1.35 bits per heavy atom. The topological polar surface area (TPSA) is 38.3 Å². The van der Waals surface area contributed by atoms with Crippen LogP contribution < -0.4 is 5.32 Å². The van der Waals surface area contributed by atoms with Crippen molar-refractivity contribution in [1.29, 1.82) is 0 Å². The van der Waals surface area contributed by atoms with Crippen molar-refractivity contribution < 1.29 is 22.7 Å². The number of carbonyl (C=O) groups is 1. The second-order valence-electron chi connectivity index (χ2n) is 4.68. The first-order chi connectivity index (χ1) is 7.49. The Balaban J connectivity index is 3.79. The van der Waals surface area contributed by atoms with Crippen LogP contribution in [0.25, 0.3) is 0 Å². The third-order valence-electron chi connectivity index (χ3n) is 1.40. The fraction of sp³-hybridized carbons (Fsp3) is 0.900. The number of thioether (sulfide) groups is 1. The SMILES string of the molecule is C[C@H](CSCC(F)(F)F)NC(=O)OC(C)(C)C. The number of halogens is 3. The van der Waals surface area contributed by atoms with Gasteiger partial charge in [0, 0.05) is 11.8 Å². The summed E-state index contributed by atoms with van der Waals surface area (Å²) < 4.78 is 40.5. The molecule has 0 fully saturated rings. The number of alkyl halides is 3. The summed E-state index contributed by atoms with van der Waals surface area (Å²) in [7, 11) is 0. The number of alkyl carbamates (subject to hydrolysis) is 1. The van der Waals surface area contributed by atoms with Gasteiger partial charge in [-0.05, 0) is 27.7 Å². The van der Waals surface area contributed by atoms with Gasteiger partial charge in [0.05, 0.1) is 5.75 Å². The predicted octanol–water partition coefficient (Wildman–Crippen LogP) is 3.20. The van der Waals surface area contributed by atoms with Gasteiger partial charge >= 0.3 is 12.3 Å². The van der Waals surface area contributed by atoms with Crippen LogP contribution in [0.3, 0.4) is 0 Å². The lowest BCUT2D eigenvalue weighted by atomic mass is 10.2. The molecule has 0 spiro atoms. The highest BCUT2D eigenvalue weighted by molar-refractivity contribution is 7.99. The molecule has 0 rings (SSSR count). The maximum Gasteiger partial charge on any atom is 0.407 e. The second-order valence-corrected chi connectivity index (χ2v) is 5.71. The van der Waals surface area contributed by atoms with Gasteiger partial charge < -0.3 is 10.1 Å². The smallest absolute Gasteiger partial charge is 0.407 e. The average Bonchev–Trinajstić information content (AvgIpc) is 1.96. The Bertz CT molecular complexity index is 251. The Hall–Kier alpha value is -0.590. The van der Waals surface area contributed by atoms with Crippen molar-refractivity contribution in [2.75, 3.05) is 11.5 Å². The number of rotatable bonds is 4. The summed E-state index contributed by atoms with van der Waals surface area (Å²) in [4.78, 5) is 11.3. The Kier molecular flexibility index (Phi) is 6.15. The molecule has 0 aromatic heterocycles. The minimum Gasteiger partial charge on any atom is -0.444 e. The van der Waals surface area contributed by atoms with Crippen molar-refractivity contribution in [2.45, 2.75) is 45.5 Å². The van der Waals surface area contributed by atoms with E-state index in [2.05, 4.69) is 5.32 Å². The Morgan fingerprint density at radius 3 is 2.29 bits per heavy atom. The molecule has 0 heterocycles. The van der Waals surface area contributed by atoms with Crippen molar-refractivity contribution in [3.05, 3.63) is 0 Å². The van der Waals surface area contributed by atoms with Gasteiger partial charge in [-0.3, -0.25) is 0 Å². The summed E-state index contributed by atoms with van der Waals surface area (Å²) in [5, 5.41) is 2.47. The van der Waals surface area contributed by atoms with Gasteiger partial charge in [0.1, 0.15) is 5.60 Å². The molecule has 7 heteroatoms. The monoisotopic (exact) mass is 273 g/mol. The van der Waals surface area contributed by atoms with E-state index in [0.29, 0.717) is 0 Å². The van der Waals surface area contributed by atoms with Crippen molar-refractivity contribution in [3.63, 3.8) is 0 Å². The van der Waals surface area contributed by atoms with Crippen LogP contribution >= 0.6 is 11.8 Å². The fourth-order valence-corrected chi connectivity index (χ4v) is 1.69. The normalized spacial score (nSPS) is 14.3. The molecule has 17 heavy (non-hydrogen) atoms. The zero-order chi connectivity index (χ0) is 13.7. The largest absolute Gasteiger partial charge is 0.444 e. The number of carbonyl (C=O) groups excluding carboxylic acids is 1. The summed E-state index contributed by atoms with van der Waals surface area (Å²) in [6.07, 6.45) is -4.78. The quantitative estimate of drug-likeness (QED) is 0.855. The first-order valence-corrected chi connectivity index (χ1v) is 6.29. The van der Waals surface area contributed by atoms with Crippen LogP contribution in [0.4, 0.5) is 18.0 Å². The predicted molar refractivity (Wildman–Crippen MR) is 62.2 cm³/mol. The van der Waals surface area contributed by atoms with E-state index in [1.54, 1.807) is 27.7 Å². The number of hydrogen-bond acceptors (Lipinski definition) is 3. The maximum absolute atomic E-state index is 11.9. The van der Waals surface area contributed by atoms with Gasteiger partial charge in [-0.2, -0.15) is 24.9 Å². The molecule has 1 N–H and O–H groups in total. The van der Waals surface area contributed by atoms with Crippen LogP contribution in [0, 0.1) is 0 Å².